The Morgan fingerprint density at radius 3 is 3.21 bits per heavy atom. The number of pyridine rings is 1. The van der Waals surface area contributed by atoms with Crippen LogP contribution in [0.1, 0.15) is 25.3 Å². The van der Waals surface area contributed by atoms with Crippen LogP contribution in [0.2, 0.25) is 0 Å². The van der Waals surface area contributed by atoms with E-state index in [0.29, 0.717) is 12.4 Å². The molecule has 1 aromatic rings. The Kier molecular flexibility index (Phi) is 4.74. The third-order valence-electron chi connectivity index (χ3n) is 3.42. The molecule has 5 heteroatoms. The number of nitrogens with one attached hydrogen (secondary N) is 1. The molecule has 1 saturated heterocycles. The molecule has 0 aliphatic carbocycles. The molecule has 104 valence electrons. The number of aromatic nitrogens is 1. The minimum absolute atomic E-state index is 0.000672. The molecule has 1 N–H and O–H groups in total. The van der Waals surface area contributed by atoms with E-state index in [1.165, 1.54) is 0 Å². The van der Waals surface area contributed by atoms with Crippen molar-refractivity contribution in [3.05, 3.63) is 23.9 Å². The first kappa shape index (κ1) is 13.8. The predicted octanol–water partition coefficient (Wildman–Crippen LogP) is 1.52. The van der Waals surface area contributed by atoms with Crippen LogP contribution in [0.15, 0.2) is 18.3 Å². The van der Waals surface area contributed by atoms with E-state index < -0.39 is 0 Å². The van der Waals surface area contributed by atoms with Crippen LogP contribution in [0, 0.1) is 5.92 Å². The van der Waals surface area contributed by atoms with Crippen molar-refractivity contribution in [1.29, 1.82) is 0 Å². The average molecular weight is 264 g/mol. The van der Waals surface area contributed by atoms with Gasteiger partial charge in [-0.05, 0) is 31.4 Å². The summed E-state index contributed by atoms with van der Waals surface area (Å²) in [6.07, 6.45) is 3.52. The van der Waals surface area contributed by atoms with Crippen molar-refractivity contribution >= 4 is 5.91 Å². The smallest absolute Gasteiger partial charge is 0.225 e. The first-order valence-corrected chi connectivity index (χ1v) is 6.59. The third-order valence-corrected chi connectivity index (χ3v) is 3.42. The van der Waals surface area contributed by atoms with E-state index in [2.05, 4.69) is 10.3 Å². The van der Waals surface area contributed by atoms with Gasteiger partial charge < -0.3 is 14.8 Å². The Balaban J connectivity index is 1.88. The SMILES string of the molecule is COc1cc(CNC(=O)[C@H]2CCCO[C@H]2C)ccn1. The molecule has 1 fully saturated rings. The summed E-state index contributed by atoms with van der Waals surface area (Å²) < 4.78 is 10.6. The summed E-state index contributed by atoms with van der Waals surface area (Å²) in [6.45, 7) is 3.20. The molecule has 0 bridgehead atoms. The highest BCUT2D eigenvalue weighted by molar-refractivity contribution is 5.79. The number of ether oxygens (including phenoxy) is 2. The van der Waals surface area contributed by atoms with Crippen LogP contribution in [-0.2, 0) is 16.1 Å². The monoisotopic (exact) mass is 264 g/mol. The fraction of sp³-hybridized carbons (Fsp3) is 0.571. The number of hydrogen-bond acceptors (Lipinski definition) is 4. The molecule has 0 unspecified atom stereocenters. The van der Waals surface area contributed by atoms with Gasteiger partial charge in [0, 0.05) is 25.4 Å². The predicted molar refractivity (Wildman–Crippen MR) is 70.8 cm³/mol. The minimum Gasteiger partial charge on any atom is -0.481 e. The van der Waals surface area contributed by atoms with E-state index >= 15 is 0 Å². The molecule has 2 atom stereocenters. The van der Waals surface area contributed by atoms with Gasteiger partial charge in [0.2, 0.25) is 11.8 Å². The first-order valence-electron chi connectivity index (χ1n) is 6.59. The summed E-state index contributed by atoms with van der Waals surface area (Å²) in [7, 11) is 1.58. The summed E-state index contributed by atoms with van der Waals surface area (Å²) >= 11 is 0. The minimum atomic E-state index is -0.0440. The van der Waals surface area contributed by atoms with Crippen LogP contribution in [0.3, 0.4) is 0 Å². The van der Waals surface area contributed by atoms with Gasteiger partial charge in [0.05, 0.1) is 19.1 Å². The highest BCUT2D eigenvalue weighted by Crippen LogP contribution is 2.20. The molecule has 0 radical (unpaired) electrons. The third kappa shape index (κ3) is 3.67. The van der Waals surface area contributed by atoms with Gasteiger partial charge in [-0.15, -0.1) is 0 Å². The van der Waals surface area contributed by atoms with Crippen LogP contribution in [0.4, 0.5) is 0 Å². The maximum Gasteiger partial charge on any atom is 0.225 e. The Morgan fingerprint density at radius 2 is 2.47 bits per heavy atom. The van der Waals surface area contributed by atoms with Crippen molar-refractivity contribution in [2.75, 3.05) is 13.7 Å². The van der Waals surface area contributed by atoms with Gasteiger partial charge in [-0.1, -0.05) is 0 Å². The van der Waals surface area contributed by atoms with Crippen molar-refractivity contribution in [2.24, 2.45) is 5.92 Å². The Morgan fingerprint density at radius 1 is 1.63 bits per heavy atom. The van der Waals surface area contributed by atoms with Gasteiger partial charge in [-0.3, -0.25) is 4.79 Å². The second-order valence-corrected chi connectivity index (χ2v) is 4.75. The van der Waals surface area contributed by atoms with Crippen LogP contribution in [0.5, 0.6) is 5.88 Å². The number of carbonyl (C=O) groups excluding carboxylic acids is 1. The maximum absolute atomic E-state index is 12.1. The van der Waals surface area contributed by atoms with E-state index in [4.69, 9.17) is 9.47 Å². The van der Waals surface area contributed by atoms with Gasteiger partial charge in [0.1, 0.15) is 0 Å². The molecular formula is C14H20N2O3. The molecule has 2 heterocycles. The zero-order valence-corrected chi connectivity index (χ0v) is 11.4. The van der Waals surface area contributed by atoms with E-state index in [0.717, 1.165) is 25.0 Å². The number of rotatable bonds is 4. The molecule has 2 rings (SSSR count). The molecule has 0 aromatic carbocycles. The van der Waals surface area contributed by atoms with E-state index in [-0.39, 0.29) is 17.9 Å². The van der Waals surface area contributed by atoms with Crippen LogP contribution in [0.25, 0.3) is 0 Å². The van der Waals surface area contributed by atoms with Gasteiger partial charge in [0.25, 0.3) is 0 Å². The van der Waals surface area contributed by atoms with Crippen molar-refractivity contribution in [3.8, 4) is 5.88 Å². The van der Waals surface area contributed by atoms with Crippen LogP contribution < -0.4 is 10.1 Å². The fourth-order valence-corrected chi connectivity index (χ4v) is 2.26. The van der Waals surface area contributed by atoms with E-state index in [9.17, 15) is 4.79 Å². The van der Waals surface area contributed by atoms with E-state index in [1.54, 1.807) is 13.3 Å². The van der Waals surface area contributed by atoms with Gasteiger partial charge in [-0.25, -0.2) is 4.98 Å². The summed E-state index contributed by atoms with van der Waals surface area (Å²) in [5, 5.41) is 2.95. The first-order chi connectivity index (χ1) is 9.20. The lowest BCUT2D eigenvalue weighted by molar-refractivity contribution is -0.133. The van der Waals surface area contributed by atoms with Crippen molar-refractivity contribution in [2.45, 2.75) is 32.4 Å². The van der Waals surface area contributed by atoms with Gasteiger partial charge >= 0.3 is 0 Å². The number of nitrogens with zero attached hydrogens (tertiary/aromatic N) is 1. The number of hydrogen-bond donors (Lipinski definition) is 1. The topological polar surface area (TPSA) is 60.5 Å². The molecule has 0 spiro atoms. The molecule has 0 saturated carbocycles. The number of carbonyl (C=O) groups is 1. The number of methoxy groups -OCH3 is 1. The van der Waals surface area contributed by atoms with Crippen LogP contribution in [-0.4, -0.2) is 30.7 Å². The Labute approximate surface area is 113 Å². The fourth-order valence-electron chi connectivity index (χ4n) is 2.26. The van der Waals surface area contributed by atoms with Gasteiger partial charge in [0.15, 0.2) is 0 Å². The Hall–Kier alpha value is -1.62. The number of amides is 1. The molecular weight excluding hydrogens is 244 g/mol. The summed E-state index contributed by atoms with van der Waals surface area (Å²) in [5.74, 6) is 0.571. The lowest BCUT2D eigenvalue weighted by Gasteiger charge is -2.28. The highest BCUT2D eigenvalue weighted by atomic mass is 16.5. The average Bonchev–Trinajstić information content (AvgIpc) is 2.45. The standard InChI is InChI=1S/C14H20N2O3/c1-10-12(4-3-7-19-10)14(17)16-9-11-5-6-15-13(8-11)18-2/h5-6,8,10,12H,3-4,7,9H2,1-2H3,(H,16,17)/t10-,12-/m0/s1. The van der Waals surface area contributed by atoms with Gasteiger partial charge in [-0.2, -0.15) is 0 Å². The molecule has 5 nitrogen and oxygen atoms in total. The maximum atomic E-state index is 12.1. The second kappa shape index (κ2) is 6.52. The largest absolute Gasteiger partial charge is 0.481 e. The zero-order chi connectivity index (χ0) is 13.7. The highest BCUT2D eigenvalue weighted by Gasteiger charge is 2.28. The molecule has 19 heavy (non-hydrogen) atoms. The van der Waals surface area contributed by atoms with Crippen molar-refractivity contribution in [3.63, 3.8) is 0 Å². The lowest BCUT2D eigenvalue weighted by atomic mass is 9.94. The van der Waals surface area contributed by atoms with E-state index in [1.807, 2.05) is 19.1 Å². The molecule has 1 aromatic heterocycles. The summed E-state index contributed by atoms with van der Waals surface area (Å²) in [4.78, 5) is 16.1. The Bertz CT molecular complexity index is 436. The summed E-state index contributed by atoms with van der Waals surface area (Å²) in [5.41, 5.74) is 0.976. The quantitative estimate of drug-likeness (QED) is 0.895. The molecule has 1 amide bonds. The second-order valence-electron chi connectivity index (χ2n) is 4.75. The van der Waals surface area contributed by atoms with Crippen molar-refractivity contribution in [1.82, 2.24) is 10.3 Å². The van der Waals surface area contributed by atoms with Crippen molar-refractivity contribution < 1.29 is 14.3 Å². The summed E-state index contributed by atoms with van der Waals surface area (Å²) in [6, 6.07) is 3.69. The molecule has 1 aliphatic heterocycles. The van der Waals surface area contributed by atoms with Crippen LogP contribution >= 0.6 is 0 Å². The lowest BCUT2D eigenvalue weighted by Crippen LogP contribution is -2.39. The normalized spacial score (nSPS) is 22.8. The zero-order valence-electron chi connectivity index (χ0n) is 11.4. The molecule has 1 aliphatic rings.